The molecule has 1 atom stereocenters. The van der Waals surface area contributed by atoms with Crippen molar-refractivity contribution in [1.29, 1.82) is 0 Å². The number of unbranched alkanes of at least 4 members (excludes halogenated alkanes) is 1. The van der Waals surface area contributed by atoms with Crippen LogP contribution in [0.5, 0.6) is 0 Å². The summed E-state index contributed by atoms with van der Waals surface area (Å²) in [6.45, 7) is 9.51. The Morgan fingerprint density at radius 1 is 0.895 bits per heavy atom. The van der Waals surface area contributed by atoms with E-state index in [1.165, 1.54) is 19.7 Å². The highest BCUT2D eigenvalue weighted by Gasteiger charge is 1.80. The van der Waals surface area contributed by atoms with E-state index in [4.69, 9.17) is 28.6 Å². The SMILES string of the molecule is [B]C.[B]C(C)CC.[B]CCC.[B]CCCC.[B]CO. The van der Waals surface area contributed by atoms with Crippen LogP contribution in [-0.4, -0.2) is 50.8 Å². The number of hydrogen-bond donors (Lipinski definition) is 1. The number of aliphatic hydroxyl groups is 1. The Hall–Kier alpha value is 0.285. The van der Waals surface area contributed by atoms with E-state index in [-0.39, 0.29) is 6.51 Å². The smallest absolute Gasteiger partial charge is 0.103 e. The number of hydrogen-bond acceptors (Lipinski definition) is 1. The van der Waals surface area contributed by atoms with E-state index in [9.17, 15) is 0 Å². The molecule has 0 spiro atoms. The Morgan fingerprint density at radius 3 is 1.16 bits per heavy atom. The maximum absolute atomic E-state index is 7.35. The first-order valence-electron chi connectivity index (χ1n) is 7.06. The summed E-state index contributed by atoms with van der Waals surface area (Å²) in [6, 6.07) is 0. The van der Waals surface area contributed by atoms with Gasteiger partial charge in [-0.3, -0.25) is 0 Å². The zero-order chi connectivity index (χ0) is 16.5. The molecule has 0 aliphatic heterocycles. The highest BCUT2D eigenvalue weighted by Crippen LogP contribution is 1.97. The Bertz CT molecular complexity index is 81.4. The fourth-order valence-electron chi connectivity index (χ4n) is 0.204. The highest BCUT2D eigenvalue weighted by molar-refractivity contribution is 6.11. The molecule has 0 aromatic carbocycles. The fraction of sp³-hybridized carbons (Fsp3) is 1.00. The maximum atomic E-state index is 7.35. The lowest BCUT2D eigenvalue weighted by molar-refractivity contribution is 0.369. The van der Waals surface area contributed by atoms with Crippen LogP contribution < -0.4 is 0 Å². The average Bonchev–Trinajstić information content (AvgIpc) is 2.43. The van der Waals surface area contributed by atoms with Gasteiger partial charge in [0, 0.05) is 6.51 Å². The quantitative estimate of drug-likeness (QED) is 0.768. The van der Waals surface area contributed by atoms with Gasteiger partial charge >= 0.3 is 0 Å². The minimum atomic E-state index is -0.250. The molecule has 19 heavy (non-hydrogen) atoms. The van der Waals surface area contributed by atoms with Crippen LogP contribution in [-0.2, 0) is 0 Å². The van der Waals surface area contributed by atoms with E-state index in [2.05, 4.69) is 36.5 Å². The summed E-state index contributed by atoms with van der Waals surface area (Å²) in [5.74, 6) is 0.384. The molecule has 0 saturated heterocycles. The molecule has 0 aliphatic carbocycles. The molecule has 0 aromatic heterocycles. The molecular weight excluding hydrogens is 226 g/mol. The topological polar surface area (TPSA) is 20.2 Å². The van der Waals surface area contributed by atoms with Gasteiger partial charge in [-0.2, -0.15) is 0 Å². The summed E-state index contributed by atoms with van der Waals surface area (Å²) < 4.78 is 0. The van der Waals surface area contributed by atoms with Gasteiger partial charge in [-0.05, 0) is 0 Å². The van der Waals surface area contributed by atoms with Crippen molar-refractivity contribution in [2.75, 3.05) is 6.51 Å². The summed E-state index contributed by atoms with van der Waals surface area (Å²) in [5.41, 5.74) is 0. The molecule has 0 saturated carbocycles. The van der Waals surface area contributed by atoms with Gasteiger partial charge in [-0.25, -0.2) is 0 Å². The van der Waals surface area contributed by atoms with Crippen LogP contribution in [0.15, 0.2) is 0 Å². The van der Waals surface area contributed by atoms with Gasteiger partial charge in [-0.15, -0.1) is 0 Å². The van der Waals surface area contributed by atoms with Crippen LogP contribution in [0.2, 0.25) is 25.3 Å². The van der Waals surface area contributed by atoms with Crippen LogP contribution in [0.3, 0.4) is 0 Å². The Morgan fingerprint density at radius 2 is 1.16 bits per heavy atom. The van der Waals surface area contributed by atoms with Crippen LogP contribution >= 0.6 is 0 Å². The molecule has 0 amide bonds. The summed E-state index contributed by atoms with van der Waals surface area (Å²) in [5, 5.41) is 7.35. The van der Waals surface area contributed by atoms with Gasteiger partial charge in [0.15, 0.2) is 0 Å². The third kappa shape index (κ3) is 174. The molecule has 0 aliphatic rings. The highest BCUT2D eigenvalue weighted by atomic mass is 16.2. The standard InChI is InChI=1S/2C4H9B.C3H7B.CH3BO.CH3B/c1-3-4(2)5;1-2-3-4-5;1-2-3-4;2-1-3;1-2/h4H,3H2,1-2H3;2-4H2,1H3;2-3H2,1H3;3H,1H2;1H3. The van der Waals surface area contributed by atoms with Gasteiger partial charge < -0.3 is 5.11 Å². The molecule has 0 rings (SSSR count). The Balaban J connectivity index is -0.0000000446. The van der Waals surface area contributed by atoms with Crippen LogP contribution in [0, 0.1) is 0 Å². The fourth-order valence-corrected chi connectivity index (χ4v) is 0.204. The summed E-state index contributed by atoms with van der Waals surface area (Å²) in [6.07, 6.45) is 6.23. The molecular formula is C13H31B5O. The largest absolute Gasteiger partial charge is 0.406 e. The van der Waals surface area contributed by atoms with E-state index >= 15 is 0 Å². The predicted octanol–water partition coefficient (Wildman–Crippen LogP) is 3.04. The summed E-state index contributed by atoms with van der Waals surface area (Å²) in [4.78, 5) is 0. The van der Waals surface area contributed by atoms with Crippen molar-refractivity contribution >= 4 is 39.2 Å². The molecule has 0 aromatic rings. The van der Waals surface area contributed by atoms with Gasteiger partial charge in [0.05, 0.1) is 31.4 Å². The minimum absolute atomic E-state index is 0.250. The van der Waals surface area contributed by atoms with Crippen LogP contribution in [0.1, 0.15) is 53.4 Å². The van der Waals surface area contributed by atoms with Crippen molar-refractivity contribution in [3.8, 4) is 0 Å². The van der Waals surface area contributed by atoms with Crippen molar-refractivity contribution in [2.24, 2.45) is 0 Å². The van der Waals surface area contributed by atoms with Crippen molar-refractivity contribution < 1.29 is 5.11 Å². The third-order valence-electron chi connectivity index (χ3n) is 1.49. The first-order chi connectivity index (χ1) is 9.01. The predicted molar refractivity (Wildman–Crippen MR) is 96.2 cm³/mol. The zero-order valence-electron chi connectivity index (χ0n) is 13.9. The second kappa shape index (κ2) is 51.6. The first-order valence-corrected chi connectivity index (χ1v) is 7.06. The molecule has 0 heterocycles. The van der Waals surface area contributed by atoms with Gasteiger partial charge in [0.25, 0.3) is 0 Å². The van der Waals surface area contributed by atoms with E-state index in [1.807, 2.05) is 6.92 Å². The van der Waals surface area contributed by atoms with E-state index < -0.39 is 0 Å². The van der Waals surface area contributed by atoms with Gasteiger partial charge in [-0.1, -0.05) is 78.7 Å². The molecule has 1 N–H and O–H groups in total. The van der Waals surface area contributed by atoms with E-state index in [0.717, 1.165) is 25.5 Å². The molecule has 10 radical (unpaired) electrons. The third-order valence-corrected chi connectivity index (χ3v) is 1.49. The molecule has 6 heteroatoms. The van der Waals surface area contributed by atoms with Crippen molar-refractivity contribution in [3.05, 3.63) is 0 Å². The van der Waals surface area contributed by atoms with Gasteiger partial charge in [0.1, 0.15) is 7.85 Å². The van der Waals surface area contributed by atoms with Crippen molar-refractivity contribution in [3.63, 3.8) is 0 Å². The first kappa shape index (κ1) is 31.6. The average molecular weight is 257 g/mol. The molecule has 0 bridgehead atoms. The van der Waals surface area contributed by atoms with Gasteiger partial charge in [0.2, 0.25) is 0 Å². The molecule has 104 valence electrons. The monoisotopic (exact) mass is 258 g/mol. The lowest BCUT2D eigenvalue weighted by atomic mass is 9.88. The lowest BCUT2D eigenvalue weighted by Crippen LogP contribution is -1.76. The summed E-state index contributed by atoms with van der Waals surface area (Å²) >= 11 is 0. The van der Waals surface area contributed by atoms with Crippen LogP contribution in [0.4, 0.5) is 0 Å². The molecule has 1 unspecified atom stereocenters. The number of aliphatic hydroxyl groups excluding tert-OH is 1. The van der Waals surface area contributed by atoms with Crippen LogP contribution in [0.25, 0.3) is 0 Å². The molecule has 0 fully saturated rings. The Labute approximate surface area is 130 Å². The second-order valence-corrected chi connectivity index (χ2v) is 3.50. The summed E-state index contributed by atoms with van der Waals surface area (Å²) in [7, 11) is 24.4. The maximum Gasteiger partial charge on any atom is 0.103 e. The van der Waals surface area contributed by atoms with E-state index in [1.54, 1.807) is 0 Å². The zero-order valence-corrected chi connectivity index (χ0v) is 13.9. The number of rotatable bonds is 4. The Kier molecular flexibility index (Phi) is 85.9. The van der Waals surface area contributed by atoms with E-state index in [0.29, 0.717) is 5.82 Å². The van der Waals surface area contributed by atoms with Crippen molar-refractivity contribution in [1.82, 2.24) is 0 Å². The minimum Gasteiger partial charge on any atom is -0.406 e. The second-order valence-electron chi connectivity index (χ2n) is 3.50. The normalized spacial score (nSPS) is 8.74. The molecule has 1 nitrogen and oxygen atoms in total. The lowest BCUT2D eigenvalue weighted by Gasteiger charge is -1.90. The van der Waals surface area contributed by atoms with Crippen molar-refractivity contribution in [2.45, 2.75) is 78.7 Å².